The molecule has 0 aliphatic carbocycles. The maximum atomic E-state index is 12.1. The third-order valence-corrected chi connectivity index (χ3v) is 3.82. The van der Waals surface area contributed by atoms with Crippen molar-refractivity contribution >= 4 is 17.5 Å². The molecule has 2 heterocycles. The average Bonchev–Trinajstić information content (AvgIpc) is 2.82. The minimum atomic E-state index is -1.43. The van der Waals surface area contributed by atoms with Gasteiger partial charge in [0.25, 0.3) is 0 Å². The van der Waals surface area contributed by atoms with Gasteiger partial charge in [-0.3, -0.25) is 14.2 Å². The molecule has 5 atom stereocenters. The summed E-state index contributed by atoms with van der Waals surface area (Å²) in [7, 11) is 0. The molecule has 0 saturated carbocycles. The molecular weight excluding hydrogens is 336 g/mol. The number of hydrogen-bond donors (Lipinski definition) is 5. The number of aliphatic hydroxyl groups is 3. The van der Waals surface area contributed by atoms with Gasteiger partial charge in [0.2, 0.25) is 5.91 Å². The van der Waals surface area contributed by atoms with Crippen molar-refractivity contribution in [2.75, 3.05) is 11.9 Å². The molecule has 1 aliphatic heterocycles. The van der Waals surface area contributed by atoms with Crippen LogP contribution < -0.4 is 16.7 Å². The number of carbonyl (C=O) groups excluding carboxylic acids is 2. The highest BCUT2D eigenvalue weighted by Crippen LogP contribution is 2.28. The van der Waals surface area contributed by atoms with Crippen LogP contribution in [0.2, 0.25) is 0 Å². The third-order valence-electron chi connectivity index (χ3n) is 3.82. The second-order valence-electron chi connectivity index (χ2n) is 5.70. The van der Waals surface area contributed by atoms with Crippen LogP contribution in [0.3, 0.4) is 0 Å². The summed E-state index contributed by atoms with van der Waals surface area (Å²) < 4.78 is 6.16. The summed E-state index contributed by atoms with van der Waals surface area (Å²) in [5, 5.41) is 31.0. The zero-order chi connectivity index (χ0) is 18.7. The van der Waals surface area contributed by atoms with E-state index in [1.807, 2.05) is 0 Å². The molecular formula is C14H20N4O7. The fraction of sp³-hybridized carbons (Fsp3) is 0.571. The summed E-state index contributed by atoms with van der Waals surface area (Å²) >= 11 is 0. The van der Waals surface area contributed by atoms with Crippen molar-refractivity contribution in [3.63, 3.8) is 0 Å². The molecule has 11 heteroatoms. The fourth-order valence-electron chi connectivity index (χ4n) is 2.32. The molecule has 0 spiro atoms. The van der Waals surface area contributed by atoms with E-state index in [9.17, 15) is 24.6 Å². The van der Waals surface area contributed by atoms with Gasteiger partial charge >= 0.3 is 5.69 Å². The highest BCUT2D eigenvalue weighted by molar-refractivity contribution is 5.94. The number of nitrogens with two attached hydrogens (primary N) is 1. The Morgan fingerprint density at radius 2 is 2.12 bits per heavy atom. The number of amides is 1. The molecule has 0 radical (unpaired) electrons. The number of nitrogens with one attached hydrogen (secondary N) is 1. The number of aliphatic hydroxyl groups excluding tert-OH is 3. The topological polar surface area (TPSA) is 177 Å². The number of nitrogens with zero attached hydrogens (tertiary/aromatic N) is 2. The molecule has 1 fully saturated rings. The highest BCUT2D eigenvalue weighted by atomic mass is 16.6. The van der Waals surface area contributed by atoms with Crippen LogP contribution in [-0.4, -0.2) is 67.5 Å². The number of rotatable bonds is 6. The predicted octanol–water partition coefficient (Wildman–Crippen LogP) is -2.90. The van der Waals surface area contributed by atoms with E-state index >= 15 is 0 Å². The lowest BCUT2D eigenvalue weighted by atomic mass is 10.1. The summed E-state index contributed by atoms with van der Waals surface area (Å²) in [5.41, 5.74) is 4.63. The Morgan fingerprint density at radius 3 is 2.64 bits per heavy atom. The van der Waals surface area contributed by atoms with Gasteiger partial charge in [0.1, 0.15) is 29.9 Å². The molecule has 1 saturated heterocycles. The van der Waals surface area contributed by atoms with Crippen LogP contribution in [-0.2, 0) is 14.3 Å². The monoisotopic (exact) mass is 356 g/mol. The standard InChI is InChI=1S/C14H20N4O7/c1-6(20)7(15)4-10(21)16-9-2-3-18(14(24)17-9)13-12(23)11(22)8(5-19)25-13/h2-3,7-8,11-13,19,22-23H,4-5,15H2,1H3,(H,16,17,21,24)/t7?,8-,11+,12?,13-/m1/s1. The first-order valence-electron chi connectivity index (χ1n) is 7.52. The van der Waals surface area contributed by atoms with Gasteiger partial charge in [-0.25, -0.2) is 4.79 Å². The Morgan fingerprint density at radius 1 is 1.44 bits per heavy atom. The maximum absolute atomic E-state index is 12.1. The lowest BCUT2D eigenvalue weighted by molar-refractivity contribution is -0.122. The van der Waals surface area contributed by atoms with Gasteiger partial charge in [0, 0.05) is 12.6 Å². The number of aromatic nitrogens is 2. The van der Waals surface area contributed by atoms with Crippen LogP contribution in [0, 0.1) is 0 Å². The van der Waals surface area contributed by atoms with E-state index in [0.29, 0.717) is 0 Å². The molecule has 25 heavy (non-hydrogen) atoms. The Kier molecular flexibility index (Phi) is 5.98. The van der Waals surface area contributed by atoms with Crippen molar-refractivity contribution in [1.82, 2.24) is 9.55 Å². The second-order valence-corrected chi connectivity index (χ2v) is 5.70. The van der Waals surface area contributed by atoms with E-state index < -0.39 is 48.8 Å². The van der Waals surface area contributed by atoms with Crippen molar-refractivity contribution in [3.05, 3.63) is 22.7 Å². The lowest BCUT2D eigenvalue weighted by Crippen LogP contribution is -2.36. The molecule has 0 bridgehead atoms. The minimum Gasteiger partial charge on any atom is -0.394 e. The number of hydrogen-bond acceptors (Lipinski definition) is 9. The quantitative estimate of drug-likeness (QED) is 0.357. The van der Waals surface area contributed by atoms with Crippen LogP contribution in [0.15, 0.2) is 17.1 Å². The number of ketones is 1. The Balaban J connectivity index is 2.10. The molecule has 1 aliphatic rings. The second kappa shape index (κ2) is 7.80. The molecule has 1 aromatic heterocycles. The highest BCUT2D eigenvalue weighted by Gasteiger charge is 2.43. The maximum Gasteiger partial charge on any atom is 0.351 e. The number of carbonyl (C=O) groups is 2. The largest absolute Gasteiger partial charge is 0.394 e. The first-order valence-corrected chi connectivity index (χ1v) is 7.52. The van der Waals surface area contributed by atoms with Gasteiger partial charge in [-0.05, 0) is 13.0 Å². The van der Waals surface area contributed by atoms with Gasteiger partial charge in [-0.1, -0.05) is 0 Å². The van der Waals surface area contributed by atoms with Crippen molar-refractivity contribution < 1.29 is 29.6 Å². The van der Waals surface area contributed by atoms with Crippen LogP contribution >= 0.6 is 0 Å². The van der Waals surface area contributed by atoms with Crippen LogP contribution in [0.5, 0.6) is 0 Å². The molecule has 2 unspecified atom stereocenters. The van der Waals surface area contributed by atoms with Crippen LogP contribution in [0.4, 0.5) is 5.82 Å². The van der Waals surface area contributed by atoms with Gasteiger partial charge in [0.15, 0.2) is 6.23 Å². The Bertz CT molecular complexity index is 707. The third kappa shape index (κ3) is 4.27. The van der Waals surface area contributed by atoms with Crippen molar-refractivity contribution in [1.29, 1.82) is 0 Å². The van der Waals surface area contributed by atoms with E-state index in [4.69, 9.17) is 15.6 Å². The lowest BCUT2D eigenvalue weighted by Gasteiger charge is -2.17. The SMILES string of the molecule is CC(=O)C(N)CC(=O)Nc1ccn([C@@H]2O[C@H](CO)[C@H](O)C2O)c(=O)n1. The average molecular weight is 356 g/mol. The molecule has 11 nitrogen and oxygen atoms in total. The molecule has 138 valence electrons. The van der Waals surface area contributed by atoms with Crippen LogP contribution in [0.1, 0.15) is 19.6 Å². The molecule has 1 aromatic rings. The van der Waals surface area contributed by atoms with E-state index in [1.165, 1.54) is 19.2 Å². The zero-order valence-corrected chi connectivity index (χ0v) is 13.4. The Labute approximate surface area is 142 Å². The van der Waals surface area contributed by atoms with Gasteiger partial charge in [-0.15, -0.1) is 0 Å². The molecule has 2 rings (SSSR count). The molecule has 1 amide bonds. The Hall–Kier alpha value is -2.18. The van der Waals surface area contributed by atoms with E-state index in [2.05, 4.69) is 10.3 Å². The van der Waals surface area contributed by atoms with E-state index in [-0.39, 0.29) is 18.0 Å². The van der Waals surface area contributed by atoms with Crippen LogP contribution in [0.25, 0.3) is 0 Å². The fourth-order valence-corrected chi connectivity index (χ4v) is 2.32. The molecule has 0 aromatic carbocycles. The van der Waals surface area contributed by atoms with E-state index in [1.54, 1.807) is 0 Å². The number of Topliss-reactive ketones (excluding diaryl/α,β-unsaturated/α-hetero) is 1. The van der Waals surface area contributed by atoms with Crippen molar-refractivity contribution in [3.8, 4) is 0 Å². The first kappa shape index (κ1) is 19.1. The first-order chi connectivity index (χ1) is 11.7. The summed E-state index contributed by atoms with van der Waals surface area (Å²) in [6, 6.07) is 0.340. The minimum absolute atomic E-state index is 0.0613. The normalized spacial score (nSPS) is 27.1. The predicted molar refractivity (Wildman–Crippen MR) is 83.4 cm³/mol. The zero-order valence-electron chi connectivity index (χ0n) is 13.4. The molecule has 6 N–H and O–H groups in total. The van der Waals surface area contributed by atoms with Crippen molar-refractivity contribution in [2.45, 2.75) is 43.9 Å². The van der Waals surface area contributed by atoms with Gasteiger partial charge < -0.3 is 31.1 Å². The van der Waals surface area contributed by atoms with E-state index in [0.717, 1.165) is 4.57 Å². The summed E-state index contributed by atoms with van der Waals surface area (Å²) in [4.78, 5) is 38.5. The summed E-state index contributed by atoms with van der Waals surface area (Å²) in [6.45, 7) is 0.736. The van der Waals surface area contributed by atoms with Crippen molar-refractivity contribution in [2.24, 2.45) is 5.73 Å². The number of ether oxygens (including phenoxy) is 1. The van der Waals surface area contributed by atoms with Gasteiger partial charge in [0.05, 0.1) is 12.6 Å². The smallest absolute Gasteiger partial charge is 0.351 e. The number of anilines is 1. The summed E-state index contributed by atoms with van der Waals surface area (Å²) in [6.07, 6.45) is -4.06. The summed E-state index contributed by atoms with van der Waals surface area (Å²) in [5.74, 6) is -0.989. The van der Waals surface area contributed by atoms with Gasteiger partial charge in [-0.2, -0.15) is 4.98 Å².